The minimum Gasteiger partial charge on any atom is -0.308 e. The summed E-state index contributed by atoms with van der Waals surface area (Å²) in [4.78, 5) is 0. The smallest absolute Gasteiger partial charge is 0.0268 e. The Morgan fingerprint density at radius 1 is 1.33 bits per heavy atom. The zero-order valence-electron chi connectivity index (χ0n) is 7.43. The third-order valence-electron chi connectivity index (χ3n) is 2.44. The van der Waals surface area contributed by atoms with Crippen molar-refractivity contribution in [3.63, 3.8) is 0 Å². The number of nitrogens with one attached hydrogen (secondary N) is 1. The van der Waals surface area contributed by atoms with Crippen molar-refractivity contribution < 1.29 is 0 Å². The van der Waals surface area contributed by atoms with Gasteiger partial charge in [0, 0.05) is 13.1 Å². The monoisotopic (exact) mass is 160 g/mol. The molecule has 63 valence electrons. The summed E-state index contributed by atoms with van der Waals surface area (Å²) in [7, 11) is 0. The van der Waals surface area contributed by atoms with Gasteiger partial charge in [-0.2, -0.15) is 0 Å². The second-order valence-electron chi connectivity index (χ2n) is 3.25. The van der Waals surface area contributed by atoms with E-state index in [-0.39, 0.29) is 0 Å². The number of hydrogen-bond donors (Lipinski definition) is 1. The van der Waals surface area contributed by atoms with Crippen molar-refractivity contribution in [1.82, 2.24) is 5.32 Å². The standard InChI is InChI=1S/C11H14N/c1-2-9-3-4-11-8-12-6-5-10(11)7-9/h3-4,6-7,12H,2,5,8H2,1H3. The highest BCUT2D eigenvalue weighted by Gasteiger charge is 2.07. The Hall–Kier alpha value is -0.820. The fraction of sp³-hybridized carbons (Fsp3) is 0.364. The molecule has 1 aliphatic rings. The minimum absolute atomic E-state index is 0.999. The number of fused-ring (bicyclic) bond motifs is 1. The molecule has 1 heterocycles. The maximum atomic E-state index is 3.25. The van der Waals surface area contributed by atoms with Gasteiger partial charge in [0.05, 0.1) is 0 Å². The first kappa shape index (κ1) is 7.81. The molecule has 12 heavy (non-hydrogen) atoms. The lowest BCUT2D eigenvalue weighted by molar-refractivity contribution is 0.725. The van der Waals surface area contributed by atoms with E-state index in [0.29, 0.717) is 0 Å². The Labute approximate surface area is 73.8 Å². The van der Waals surface area contributed by atoms with Crippen molar-refractivity contribution in [2.75, 3.05) is 0 Å². The number of benzene rings is 1. The van der Waals surface area contributed by atoms with Crippen LogP contribution < -0.4 is 5.32 Å². The van der Waals surface area contributed by atoms with Crippen molar-refractivity contribution in [2.24, 2.45) is 0 Å². The van der Waals surface area contributed by atoms with E-state index in [2.05, 4.69) is 37.0 Å². The molecule has 0 bridgehead atoms. The average Bonchev–Trinajstić information content (AvgIpc) is 2.17. The first-order valence-electron chi connectivity index (χ1n) is 4.56. The van der Waals surface area contributed by atoms with E-state index >= 15 is 0 Å². The molecule has 0 unspecified atom stereocenters. The van der Waals surface area contributed by atoms with Gasteiger partial charge in [0.2, 0.25) is 0 Å². The van der Waals surface area contributed by atoms with E-state index < -0.39 is 0 Å². The molecule has 0 spiro atoms. The van der Waals surface area contributed by atoms with E-state index in [0.717, 1.165) is 19.4 Å². The Morgan fingerprint density at radius 2 is 2.25 bits per heavy atom. The van der Waals surface area contributed by atoms with Gasteiger partial charge >= 0.3 is 0 Å². The molecule has 0 fully saturated rings. The fourth-order valence-corrected chi connectivity index (χ4v) is 1.63. The average molecular weight is 160 g/mol. The summed E-state index contributed by atoms with van der Waals surface area (Å²) in [6.45, 7) is 5.34. The van der Waals surface area contributed by atoms with Crippen LogP contribution in [-0.2, 0) is 19.4 Å². The Morgan fingerprint density at radius 3 is 3.08 bits per heavy atom. The van der Waals surface area contributed by atoms with Gasteiger partial charge in [-0.15, -0.1) is 0 Å². The van der Waals surface area contributed by atoms with Gasteiger partial charge in [-0.05, 0) is 29.5 Å². The molecule has 0 aliphatic carbocycles. The normalized spacial score (nSPS) is 15.8. The van der Waals surface area contributed by atoms with E-state index in [1.54, 1.807) is 0 Å². The molecule has 1 radical (unpaired) electrons. The predicted molar refractivity (Wildman–Crippen MR) is 50.7 cm³/mol. The van der Waals surface area contributed by atoms with Gasteiger partial charge in [0.1, 0.15) is 0 Å². The highest BCUT2D eigenvalue weighted by Crippen LogP contribution is 2.17. The topological polar surface area (TPSA) is 12.0 Å². The van der Waals surface area contributed by atoms with Crippen LogP contribution in [0, 0.1) is 6.54 Å². The Bertz CT molecular complexity index is 278. The van der Waals surface area contributed by atoms with E-state index in [1.807, 2.05) is 0 Å². The zero-order chi connectivity index (χ0) is 8.39. The maximum absolute atomic E-state index is 3.25. The lowest BCUT2D eigenvalue weighted by atomic mass is 9.98. The minimum atomic E-state index is 0.999. The largest absolute Gasteiger partial charge is 0.308 e. The van der Waals surface area contributed by atoms with Crippen molar-refractivity contribution >= 4 is 0 Å². The van der Waals surface area contributed by atoms with E-state index in [1.165, 1.54) is 16.7 Å². The SMILES string of the molecule is CCc1ccc2c(c1)C[CH]NC2. The quantitative estimate of drug-likeness (QED) is 0.663. The summed E-state index contributed by atoms with van der Waals surface area (Å²) in [6.07, 6.45) is 2.21. The maximum Gasteiger partial charge on any atom is 0.0268 e. The van der Waals surface area contributed by atoms with Gasteiger partial charge in [-0.25, -0.2) is 0 Å². The number of hydrogen-bond acceptors (Lipinski definition) is 1. The van der Waals surface area contributed by atoms with Crippen LogP contribution in [0.3, 0.4) is 0 Å². The third-order valence-corrected chi connectivity index (χ3v) is 2.44. The van der Waals surface area contributed by atoms with Crippen LogP contribution >= 0.6 is 0 Å². The third kappa shape index (κ3) is 1.37. The number of rotatable bonds is 1. The van der Waals surface area contributed by atoms with Crippen LogP contribution in [0.15, 0.2) is 18.2 Å². The molecular formula is C11H14N. The molecule has 0 saturated carbocycles. The molecule has 0 atom stereocenters. The molecule has 1 aromatic carbocycles. The first-order chi connectivity index (χ1) is 5.90. The molecule has 1 N–H and O–H groups in total. The molecule has 0 amide bonds. The Kier molecular flexibility index (Phi) is 2.13. The van der Waals surface area contributed by atoms with Gasteiger partial charge in [-0.1, -0.05) is 25.1 Å². The molecule has 1 heteroatoms. The van der Waals surface area contributed by atoms with Crippen LogP contribution in [0.5, 0.6) is 0 Å². The van der Waals surface area contributed by atoms with Crippen LogP contribution in [0.4, 0.5) is 0 Å². The second kappa shape index (κ2) is 3.28. The zero-order valence-corrected chi connectivity index (χ0v) is 7.43. The lowest BCUT2D eigenvalue weighted by Gasteiger charge is -2.17. The highest BCUT2D eigenvalue weighted by atomic mass is 14.9. The van der Waals surface area contributed by atoms with E-state index in [4.69, 9.17) is 0 Å². The van der Waals surface area contributed by atoms with Crippen LogP contribution in [0.25, 0.3) is 0 Å². The van der Waals surface area contributed by atoms with Crippen LogP contribution in [0.2, 0.25) is 0 Å². The van der Waals surface area contributed by atoms with Gasteiger partial charge in [0.25, 0.3) is 0 Å². The van der Waals surface area contributed by atoms with Crippen LogP contribution in [-0.4, -0.2) is 0 Å². The summed E-state index contributed by atoms with van der Waals surface area (Å²) in [5, 5.41) is 3.25. The summed E-state index contributed by atoms with van der Waals surface area (Å²) >= 11 is 0. The molecule has 1 aliphatic heterocycles. The molecule has 2 rings (SSSR count). The van der Waals surface area contributed by atoms with Crippen molar-refractivity contribution in [3.8, 4) is 0 Å². The number of aryl methyl sites for hydroxylation is 1. The highest BCUT2D eigenvalue weighted by molar-refractivity contribution is 5.34. The van der Waals surface area contributed by atoms with Gasteiger partial charge in [0.15, 0.2) is 0 Å². The second-order valence-corrected chi connectivity index (χ2v) is 3.25. The summed E-state index contributed by atoms with van der Waals surface area (Å²) < 4.78 is 0. The summed E-state index contributed by atoms with van der Waals surface area (Å²) in [6, 6.07) is 6.80. The van der Waals surface area contributed by atoms with Crippen molar-refractivity contribution in [2.45, 2.75) is 26.3 Å². The first-order valence-corrected chi connectivity index (χ1v) is 4.56. The summed E-state index contributed by atoms with van der Waals surface area (Å²) in [5.74, 6) is 0. The van der Waals surface area contributed by atoms with Gasteiger partial charge < -0.3 is 5.32 Å². The lowest BCUT2D eigenvalue weighted by Crippen LogP contribution is -2.18. The Balaban J connectivity index is 2.36. The van der Waals surface area contributed by atoms with Gasteiger partial charge in [-0.3, -0.25) is 0 Å². The predicted octanol–water partition coefficient (Wildman–Crippen LogP) is 2.06. The van der Waals surface area contributed by atoms with E-state index in [9.17, 15) is 0 Å². The molecule has 1 nitrogen and oxygen atoms in total. The molecular weight excluding hydrogens is 146 g/mol. The van der Waals surface area contributed by atoms with Crippen molar-refractivity contribution in [3.05, 3.63) is 41.4 Å². The molecule has 1 aromatic rings. The van der Waals surface area contributed by atoms with Crippen molar-refractivity contribution in [1.29, 1.82) is 0 Å². The molecule has 0 aromatic heterocycles. The summed E-state index contributed by atoms with van der Waals surface area (Å²) in [5.41, 5.74) is 4.40. The van der Waals surface area contributed by atoms with Crippen LogP contribution in [0.1, 0.15) is 23.6 Å². The fourth-order valence-electron chi connectivity index (χ4n) is 1.63. The molecule has 0 saturated heterocycles.